The molecule has 0 atom stereocenters. The first-order valence-electron chi connectivity index (χ1n) is 10.3. The van der Waals surface area contributed by atoms with Crippen LogP contribution in [0, 0.1) is 0 Å². The second-order valence-corrected chi connectivity index (χ2v) is 9.89. The quantitative estimate of drug-likeness (QED) is 0.642. The number of oxazole rings is 1. The van der Waals surface area contributed by atoms with Crippen molar-refractivity contribution in [3.63, 3.8) is 0 Å². The first-order valence-corrected chi connectivity index (χ1v) is 11.9. The number of sulfonamides is 1. The van der Waals surface area contributed by atoms with E-state index >= 15 is 0 Å². The molecule has 0 spiro atoms. The van der Waals surface area contributed by atoms with Gasteiger partial charge in [0, 0.05) is 31.1 Å². The molecular formula is C22H23N3O4S. The molecule has 3 aromatic rings. The summed E-state index contributed by atoms with van der Waals surface area (Å²) in [6.45, 7) is 1.71. The van der Waals surface area contributed by atoms with Gasteiger partial charge < -0.3 is 9.32 Å². The van der Waals surface area contributed by atoms with E-state index in [9.17, 15) is 13.2 Å². The highest BCUT2D eigenvalue weighted by molar-refractivity contribution is 7.93. The SMILES string of the molecule is O=C(c1cccc(N2CCCS2(=O)=O)c1)N1CCC(c2nc3ccccc3o2)CC1. The third kappa shape index (κ3) is 3.45. The van der Waals surface area contributed by atoms with Gasteiger partial charge in [0.15, 0.2) is 11.5 Å². The fraction of sp³-hybridized carbons (Fsp3) is 0.364. The number of hydrogen-bond acceptors (Lipinski definition) is 5. The highest BCUT2D eigenvalue weighted by Gasteiger charge is 2.30. The van der Waals surface area contributed by atoms with Crippen LogP contribution in [0.15, 0.2) is 52.9 Å². The van der Waals surface area contributed by atoms with E-state index in [4.69, 9.17) is 4.42 Å². The molecule has 2 aromatic carbocycles. The number of amides is 1. The van der Waals surface area contributed by atoms with Gasteiger partial charge in [-0.2, -0.15) is 0 Å². The van der Waals surface area contributed by atoms with Crippen molar-refractivity contribution in [3.05, 3.63) is 60.0 Å². The molecule has 2 aliphatic rings. The van der Waals surface area contributed by atoms with Gasteiger partial charge in [-0.05, 0) is 49.6 Å². The predicted molar refractivity (Wildman–Crippen MR) is 114 cm³/mol. The molecule has 2 saturated heterocycles. The molecule has 2 aliphatic heterocycles. The van der Waals surface area contributed by atoms with E-state index in [1.807, 2.05) is 29.2 Å². The van der Waals surface area contributed by atoms with Gasteiger partial charge >= 0.3 is 0 Å². The topological polar surface area (TPSA) is 83.7 Å². The summed E-state index contributed by atoms with van der Waals surface area (Å²) in [4.78, 5) is 19.5. The van der Waals surface area contributed by atoms with E-state index in [1.54, 1.807) is 24.3 Å². The number of likely N-dealkylation sites (tertiary alicyclic amines) is 1. The minimum atomic E-state index is -3.27. The molecule has 0 radical (unpaired) electrons. The molecular weight excluding hydrogens is 402 g/mol. The third-order valence-electron chi connectivity index (χ3n) is 5.92. The lowest BCUT2D eigenvalue weighted by molar-refractivity contribution is 0.0706. The lowest BCUT2D eigenvalue weighted by Crippen LogP contribution is -2.38. The Kier molecular flexibility index (Phi) is 4.73. The smallest absolute Gasteiger partial charge is 0.253 e. The molecule has 8 heteroatoms. The Morgan fingerprint density at radius 1 is 1.03 bits per heavy atom. The molecule has 156 valence electrons. The molecule has 1 amide bonds. The van der Waals surface area contributed by atoms with E-state index in [0.29, 0.717) is 37.3 Å². The van der Waals surface area contributed by atoms with E-state index < -0.39 is 10.0 Å². The maximum atomic E-state index is 13.0. The largest absolute Gasteiger partial charge is 0.440 e. The third-order valence-corrected chi connectivity index (χ3v) is 7.79. The van der Waals surface area contributed by atoms with Crippen LogP contribution in [0.4, 0.5) is 5.69 Å². The Balaban J connectivity index is 1.28. The van der Waals surface area contributed by atoms with Gasteiger partial charge in [-0.3, -0.25) is 9.10 Å². The zero-order valence-corrected chi connectivity index (χ0v) is 17.3. The molecule has 0 aliphatic carbocycles. The van der Waals surface area contributed by atoms with Crippen LogP contribution in [0.25, 0.3) is 11.1 Å². The Labute approximate surface area is 175 Å². The van der Waals surface area contributed by atoms with Crippen LogP contribution in [-0.2, 0) is 10.0 Å². The number of fused-ring (bicyclic) bond motifs is 1. The number of carbonyl (C=O) groups excluding carboxylic acids is 1. The minimum absolute atomic E-state index is 0.0653. The molecule has 0 unspecified atom stereocenters. The summed E-state index contributed by atoms with van der Waals surface area (Å²) in [6.07, 6.45) is 2.20. The Bertz CT molecular complexity index is 1160. The molecule has 30 heavy (non-hydrogen) atoms. The highest BCUT2D eigenvalue weighted by atomic mass is 32.2. The van der Waals surface area contributed by atoms with Crippen LogP contribution in [-0.4, -0.2) is 49.6 Å². The standard InChI is InChI=1S/C22H23N3O4S/c26-22(17-5-3-6-18(15-17)25-11-4-14-30(25,27)28)24-12-9-16(10-13-24)21-23-19-7-1-2-8-20(19)29-21/h1-3,5-8,15-16H,4,9-14H2. The number of piperidine rings is 1. The van der Waals surface area contributed by atoms with Crippen LogP contribution in [0.5, 0.6) is 0 Å². The van der Waals surface area contributed by atoms with Crippen molar-refractivity contribution in [1.29, 1.82) is 0 Å². The predicted octanol–water partition coefficient (Wildman–Crippen LogP) is 3.39. The average Bonchev–Trinajstić information content (AvgIpc) is 3.36. The van der Waals surface area contributed by atoms with Gasteiger partial charge in [-0.1, -0.05) is 18.2 Å². The normalized spacial score (nSPS) is 19.5. The number of para-hydroxylation sites is 2. The van der Waals surface area contributed by atoms with Gasteiger partial charge in [-0.15, -0.1) is 0 Å². The summed E-state index contributed by atoms with van der Waals surface area (Å²) in [5, 5.41) is 0. The van der Waals surface area contributed by atoms with E-state index in [1.165, 1.54) is 4.31 Å². The summed E-state index contributed by atoms with van der Waals surface area (Å²) in [6, 6.07) is 14.7. The summed E-state index contributed by atoms with van der Waals surface area (Å²) < 4.78 is 31.7. The van der Waals surface area contributed by atoms with E-state index in [2.05, 4.69) is 4.98 Å². The van der Waals surface area contributed by atoms with Crippen LogP contribution in [0.3, 0.4) is 0 Å². The first kappa shape index (κ1) is 19.1. The minimum Gasteiger partial charge on any atom is -0.440 e. The van der Waals surface area contributed by atoms with Crippen molar-refractivity contribution in [3.8, 4) is 0 Å². The van der Waals surface area contributed by atoms with Crippen LogP contribution < -0.4 is 4.31 Å². The van der Waals surface area contributed by atoms with Gasteiger partial charge in [0.1, 0.15) is 5.52 Å². The van der Waals surface area contributed by atoms with Crippen molar-refractivity contribution in [1.82, 2.24) is 9.88 Å². The number of carbonyl (C=O) groups is 1. The lowest BCUT2D eigenvalue weighted by atomic mass is 9.96. The molecule has 7 nitrogen and oxygen atoms in total. The molecule has 5 rings (SSSR count). The zero-order chi connectivity index (χ0) is 20.7. The van der Waals surface area contributed by atoms with Gasteiger partial charge in [-0.25, -0.2) is 13.4 Å². The Morgan fingerprint density at radius 2 is 1.83 bits per heavy atom. The number of benzene rings is 2. The van der Waals surface area contributed by atoms with Gasteiger partial charge in [0.05, 0.1) is 11.4 Å². The number of hydrogen-bond donors (Lipinski definition) is 0. The van der Waals surface area contributed by atoms with Crippen molar-refractivity contribution in [2.45, 2.75) is 25.2 Å². The number of aromatic nitrogens is 1. The van der Waals surface area contributed by atoms with Crippen molar-refractivity contribution in [2.24, 2.45) is 0 Å². The summed E-state index contributed by atoms with van der Waals surface area (Å²) in [5.74, 6) is 1.03. The lowest BCUT2D eigenvalue weighted by Gasteiger charge is -2.31. The van der Waals surface area contributed by atoms with Crippen LogP contribution in [0.1, 0.15) is 41.4 Å². The fourth-order valence-electron chi connectivity index (χ4n) is 4.30. The highest BCUT2D eigenvalue weighted by Crippen LogP contribution is 2.31. The summed E-state index contributed by atoms with van der Waals surface area (Å²) in [7, 11) is -3.27. The van der Waals surface area contributed by atoms with Gasteiger partial charge in [0.25, 0.3) is 5.91 Å². The number of anilines is 1. The molecule has 0 saturated carbocycles. The molecule has 1 aromatic heterocycles. The Hall–Kier alpha value is -2.87. The van der Waals surface area contributed by atoms with Crippen molar-refractivity contribution < 1.29 is 17.6 Å². The fourth-order valence-corrected chi connectivity index (χ4v) is 5.86. The zero-order valence-electron chi connectivity index (χ0n) is 16.5. The van der Waals surface area contributed by atoms with Gasteiger partial charge in [0.2, 0.25) is 10.0 Å². The van der Waals surface area contributed by atoms with Crippen LogP contribution >= 0.6 is 0 Å². The first-order chi connectivity index (χ1) is 14.5. The van der Waals surface area contributed by atoms with Crippen LogP contribution in [0.2, 0.25) is 0 Å². The summed E-state index contributed by atoms with van der Waals surface area (Å²) >= 11 is 0. The molecule has 0 bridgehead atoms. The molecule has 0 N–H and O–H groups in total. The number of nitrogens with zero attached hydrogens (tertiary/aromatic N) is 3. The Morgan fingerprint density at radius 3 is 2.57 bits per heavy atom. The van der Waals surface area contributed by atoms with E-state index in [-0.39, 0.29) is 17.6 Å². The maximum Gasteiger partial charge on any atom is 0.253 e. The monoisotopic (exact) mass is 425 g/mol. The second-order valence-electron chi connectivity index (χ2n) is 7.88. The number of rotatable bonds is 3. The summed E-state index contributed by atoms with van der Waals surface area (Å²) in [5.41, 5.74) is 2.74. The molecule has 3 heterocycles. The van der Waals surface area contributed by atoms with Crippen molar-refractivity contribution in [2.75, 3.05) is 29.7 Å². The maximum absolute atomic E-state index is 13.0. The second kappa shape index (κ2) is 7.43. The van der Waals surface area contributed by atoms with E-state index in [0.717, 1.165) is 29.8 Å². The average molecular weight is 426 g/mol. The van der Waals surface area contributed by atoms with Crippen molar-refractivity contribution >= 4 is 32.7 Å². The molecule has 2 fully saturated rings.